The zero-order valence-corrected chi connectivity index (χ0v) is 8.57. The molecule has 0 aromatic carbocycles. The van der Waals surface area contributed by atoms with Crippen molar-refractivity contribution in [1.82, 2.24) is 0 Å². The third-order valence-electron chi connectivity index (χ3n) is 0.218. The lowest BCUT2D eigenvalue weighted by Crippen LogP contribution is -2.16. The summed E-state index contributed by atoms with van der Waals surface area (Å²) in [5.41, 5.74) is 0. The molecule has 0 atom stereocenters. The first kappa shape index (κ1) is 8.55. The lowest BCUT2D eigenvalue weighted by atomic mass is 15.8. The van der Waals surface area contributed by atoms with E-state index in [1.54, 1.807) is 0 Å². The van der Waals surface area contributed by atoms with E-state index in [2.05, 4.69) is 4.12 Å². The topological polar surface area (TPSA) is 9.23 Å². The molecule has 44 valence electrons. The molecule has 7 heavy (non-hydrogen) atoms. The molecule has 0 saturated heterocycles. The Labute approximate surface area is 63.7 Å². The highest BCUT2D eigenvalue weighted by molar-refractivity contribution is 7.62. The molecule has 0 N–H and O–H groups in total. The van der Waals surface area contributed by atoms with Crippen LogP contribution in [0.2, 0.25) is 0 Å². The Bertz CT molecular complexity index is 48.1. The van der Waals surface area contributed by atoms with Crippen molar-refractivity contribution in [3.63, 3.8) is 0 Å². The second kappa shape index (κ2) is 3.55. The maximum Gasteiger partial charge on any atom is 0.484 e. The van der Waals surface area contributed by atoms with Crippen molar-refractivity contribution in [2.45, 2.75) is 0 Å². The minimum atomic E-state index is -2.81. The maximum atomic E-state index is 5.23. The van der Waals surface area contributed by atoms with Crippen LogP contribution in [0.3, 0.4) is 0 Å². The normalized spacial score (nSPS) is 13.7. The average Bonchev–Trinajstić information content (AvgIpc) is 1.30. The Morgan fingerprint density at radius 3 is 1.71 bits per heavy atom. The summed E-state index contributed by atoms with van der Waals surface area (Å²) in [4.78, 5) is 0. The van der Waals surface area contributed by atoms with Gasteiger partial charge < -0.3 is 4.12 Å². The van der Waals surface area contributed by atoms with E-state index in [4.69, 9.17) is 44.3 Å². The van der Waals surface area contributed by atoms with E-state index in [9.17, 15) is 0 Å². The second-order valence-electron chi connectivity index (χ2n) is 0.699. The molecule has 0 aromatic rings. The number of halogens is 4. The highest BCUT2D eigenvalue weighted by atomic mass is 35.8. The summed E-state index contributed by atoms with van der Waals surface area (Å²) in [7, 11) is -1.05. The molecule has 0 aliphatic carbocycles. The third kappa shape index (κ3) is 7.55. The molecule has 0 rings (SSSR count). The smallest absolute Gasteiger partial charge is 0.415 e. The van der Waals surface area contributed by atoms with Crippen LogP contribution in [0.15, 0.2) is 0 Å². The van der Waals surface area contributed by atoms with Gasteiger partial charge in [-0.05, 0) is 0 Å². The number of hydrogen-bond acceptors (Lipinski definition) is 1. The van der Waals surface area contributed by atoms with Crippen molar-refractivity contribution in [2.75, 3.05) is 0 Å². The second-order valence-corrected chi connectivity index (χ2v) is 10.1. The van der Waals surface area contributed by atoms with Gasteiger partial charge >= 0.3 is 6.25 Å². The van der Waals surface area contributed by atoms with Gasteiger partial charge in [0.2, 0.25) is 9.07 Å². The van der Waals surface area contributed by atoms with Gasteiger partial charge in [-0.3, -0.25) is 0 Å². The number of hydrogen-bond donors (Lipinski definition) is 0. The van der Waals surface area contributed by atoms with E-state index < -0.39 is 15.3 Å². The van der Waals surface area contributed by atoms with Crippen molar-refractivity contribution < 1.29 is 4.12 Å². The first-order chi connectivity index (χ1) is 3.06. The summed E-state index contributed by atoms with van der Waals surface area (Å²) in [5.74, 6) is 0. The summed E-state index contributed by atoms with van der Waals surface area (Å²) < 4.78 is 4.57. The fourth-order valence-electron chi connectivity index (χ4n) is 0.0619. The molecule has 0 saturated carbocycles. The lowest BCUT2D eigenvalue weighted by molar-refractivity contribution is 0.660. The van der Waals surface area contributed by atoms with Crippen LogP contribution in [0.1, 0.15) is 0 Å². The molecule has 0 unspecified atom stereocenters. The van der Waals surface area contributed by atoms with Crippen LogP contribution in [0, 0.1) is 0 Å². The van der Waals surface area contributed by atoms with Gasteiger partial charge in [0.1, 0.15) is 0 Å². The zero-order valence-electron chi connectivity index (χ0n) is 3.13. The minimum absolute atomic E-state index is 1.05. The van der Waals surface area contributed by atoms with E-state index in [1.165, 1.54) is 0 Å². The molecule has 0 spiro atoms. The Morgan fingerprint density at radius 2 is 1.71 bits per heavy atom. The summed E-state index contributed by atoms with van der Waals surface area (Å²) in [6, 6.07) is 0. The highest BCUT2D eigenvalue weighted by Crippen LogP contribution is 2.19. The quantitative estimate of drug-likeness (QED) is 0.500. The molecule has 1 nitrogen and oxygen atoms in total. The molecule has 0 heterocycles. The molecule has 0 aliphatic rings. The average molecular weight is 216 g/mol. The molecule has 0 aromatic heterocycles. The summed E-state index contributed by atoms with van der Waals surface area (Å²) in [5, 5.41) is 0. The van der Waals surface area contributed by atoms with E-state index in [-0.39, 0.29) is 0 Å². The maximum absolute atomic E-state index is 5.23. The van der Waals surface area contributed by atoms with Gasteiger partial charge in [0.15, 0.2) is 0 Å². The highest BCUT2D eigenvalue weighted by Gasteiger charge is 2.25. The van der Waals surface area contributed by atoms with Gasteiger partial charge in [-0.1, -0.05) is 33.2 Å². The van der Waals surface area contributed by atoms with E-state index in [0.717, 1.165) is 0 Å². The summed E-state index contributed by atoms with van der Waals surface area (Å²) in [6.07, 6.45) is -2.81. The van der Waals surface area contributed by atoms with Gasteiger partial charge in [0.05, 0.1) is 0 Å². The molecular formula is H2Cl4OSi2. The summed E-state index contributed by atoms with van der Waals surface area (Å²) >= 11 is 20.9. The SMILES string of the molecule is Cl[SiH2]O[Si](Cl)(Cl)Cl. The Morgan fingerprint density at radius 1 is 1.29 bits per heavy atom. The van der Waals surface area contributed by atoms with Crippen LogP contribution >= 0.6 is 44.3 Å². The Kier molecular flexibility index (Phi) is 4.34. The van der Waals surface area contributed by atoms with E-state index >= 15 is 0 Å². The first-order valence-electron chi connectivity index (χ1n) is 1.33. The van der Waals surface area contributed by atoms with Crippen LogP contribution < -0.4 is 0 Å². The molecule has 0 aliphatic heterocycles. The predicted molar refractivity (Wildman–Crippen MR) is 38.8 cm³/mol. The number of rotatable bonds is 2. The van der Waals surface area contributed by atoms with E-state index in [1.807, 2.05) is 0 Å². The standard InChI is InChI=1S/Cl4H2OSi2/c1-6-5-7(2,3)4/h6H2. The predicted octanol–water partition coefficient (Wildman–Crippen LogP) is 1.39. The molecule has 0 radical (unpaired) electrons. The fourth-order valence-corrected chi connectivity index (χ4v) is 5.01. The molecule has 0 bridgehead atoms. The largest absolute Gasteiger partial charge is 0.484 e. The minimum Gasteiger partial charge on any atom is -0.415 e. The monoisotopic (exact) mass is 214 g/mol. The van der Waals surface area contributed by atoms with Crippen LogP contribution in [-0.2, 0) is 4.12 Å². The van der Waals surface area contributed by atoms with Crippen molar-refractivity contribution in [3.05, 3.63) is 0 Å². The first-order valence-corrected chi connectivity index (χ1v) is 8.99. The van der Waals surface area contributed by atoms with Gasteiger partial charge in [-0.25, -0.2) is 0 Å². The summed E-state index contributed by atoms with van der Waals surface area (Å²) in [6.45, 7) is 0. The van der Waals surface area contributed by atoms with Crippen LogP contribution in [0.5, 0.6) is 0 Å². The van der Waals surface area contributed by atoms with Gasteiger partial charge in [-0.2, -0.15) is 0 Å². The van der Waals surface area contributed by atoms with Crippen LogP contribution in [-0.4, -0.2) is 15.3 Å². The van der Waals surface area contributed by atoms with Crippen molar-refractivity contribution in [3.8, 4) is 0 Å². The lowest BCUT2D eigenvalue weighted by Gasteiger charge is -2.03. The Balaban J connectivity index is 3.15. The molecule has 7 heteroatoms. The van der Waals surface area contributed by atoms with Gasteiger partial charge in [0, 0.05) is 0 Å². The Hall–Kier alpha value is 1.55. The van der Waals surface area contributed by atoms with Gasteiger partial charge in [-0.15, -0.1) is 11.1 Å². The third-order valence-corrected chi connectivity index (χ3v) is 5.89. The fraction of sp³-hybridized carbons (Fsp3) is 0. The molecular weight excluding hydrogens is 214 g/mol. The zero-order chi connectivity index (χ0) is 5.91. The van der Waals surface area contributed by atoms with Crippen molar-refractivity contribution in [2.24, 2.45) is 0 Å². The van der Waals surface area contributed by atoms with Crippen LogP contribution in [0.4, 0.5) is 0 Å². The van der Waals surface area contributed by atoms with E-state index in [0.29, 0.717) is 0 Å². The molecule has 0 amide bonds. The van der Waals surface area contributed by atoms with Crippen molar-refractivity contribution >= 4 is 59.6 Å². The van der Waals surface area contributed by atoms with Gasteiger partial charge in [0.25, 0.3) is 0 Å². The molecule has 0 fully saturated rings. The van der Waals surface area contributed by atoms with Crippen molar-refractivity contribution in [1.29, 1.82) is 0 Å². The van der Waals surface area contributed by atoms with Crippen LogP contribution in [0.25, 0.3) is 0 Å².